The Morgan fingerprint density at radius 1 is 0.833 bits per heavy atom. The zero-order valence-corrected chi connectivity index (χ0v) is 16.8. The van der Waals surface area contributed by atoms with Crippen molar-refractivity contribution in [1.82, 2.24) is 24.7 Å². The molecule has 0 saturated carbocycles. The van der Waals surface area contributed by atoms with Crippen LogP contribution in [-0.2, 0) is 0 Å². The smallest absolute Gasteiger partial charge is 0.254 e. The summed E-state index contributed by atoms with van der Waals surface area (Å²) >= 11 is 0. The molecule has 2 aromatic carbocycles. The van der Waals surface area contributed by atoms with Gasteiger partial charge in [0.25, 0.3) is 5.91 Å². The normalized spacial score (nSPS) is 14.3. The number of hydrogen-bond acceptors (Lipinski definition) is 5. The van der Waals surface area contributed by atoms with Crippen molar-refractivity contribution in [2.45, 2.75) is 6.92 Å². The number of rotatable bonds is 3. The Hall–Kier alpha value is -3.74. The van der Waals surface area contributed by atoms with Crippen LogP contribution in [-0.4, -0.2) is 56.8 Å². The molecule has 0 unspecified atom stereocenters. The Kier molecular flexibility index (Phi) is 4.63. The molecule has 0 spiro atoms. The molecular weight excluding hydrogens is 376 g/mol. The third-order valence-corrected chi connectivity index (χ3v) is 5.55. The Bertz CT molecular complexity index is 1190. The standard InChI is InChI=1S/C23H22N6O/c1-17-7-5-6-10-19(17)23(30)28-15-13-27(14-16-28)21-12-11-20-24-25-22(29(20)26-21)18-8-3-2-4-9-18/h2-12H,13-16H2,1H3. The zero-order chi connectivity index (χ0) is 20.5. The Morgan fingerprint density at radius 3 is 2.33 bits per heavy atom. The monoisotopic (exact) mass is 398 g/mol. The summed E-state index contributed by atoms with van der Waals surface area (Å²) in [5.41, 5.74) is 3.48. The van der Waals surface area contributed by atoms with E-state index in [1.165, 1.54) is 0 Å². The summed E-state index contributed by atoms with van der Waals surface area (Å²) in [6.45, 7) is 4.78. The van der Waals surface area contributed by atoms with Crippen LogP contribution in [0.2, 0.25) is 0 Å². The fourth-order valence-corrected chi connectivity index (χ4v) is 3.84. The van der Waals surface area contributed by atoms with Crippen molar-refractivity contribution in [3.63, 3.8) is 0 Å². The second-order valence-electron chi connectivity index (χ2n) is 7.45. The lowest BCUT2D eigenvalue weighted by atomic mass is 10.1. The summed E-state index contributed by atoms with van der Waals surface area (Å²) in [5, 5.41) is 13.3. The van der Waals surface area contributed by atoms with E-state index >= 15 is 0 Å². The van der Waals surface area contributed by atoms with Crippen molar-refractivity contribution >= 4 is 17.4 Å². The number of hydrogen-bond donors (Lipinski definition) is 0. The molecule has 1 saturated heterocycles. The first-order chi connectivity index (χ1) is 14.7. The lowest BCUT2D eigenvalue weighted by Crippen LogP contribution is -2.49. The highest BCUT2D eigenvalue weighted by molar-refractivity contribution is 5.95. The molecule has 3 heterocycles. The van der Waals surface area contributed by atoms with Crippen LogP contribution in [0.15, 0.2) is 66.7 Å². The fraction of sp³-hybridized carbons (Fsp3) is 0.217. The molecule has 150 valence electrons. The highest BCUT2D eigenvalue weighted by atomic mass is 16.2. The van der Waals surface area contributed by atoms with Crippen molar-refractivity contribution in [1.29, 1.82) is 0 Å². The molecule has 0 aliphatic carbocycles. The molecule has 1 aliphatic heterocycles. The van der Waals surface area contributed by atoms with Crippen LogP contribution in [0, 0.1) is 6.92 Å². The van der Waals surface area contributed by atoms with E-state index in [2.05, 4.69) is 15.1 Å². The predicted molar refractivity (Wildman–Crippen MR) is 116 cm³/mol. The second-order valence-corrected chi connectivity index (χ2v) is 7.45. The number of aryl methyl sites for hydroxylation is 1. The largest absolute Gasteiger partial charge is 0.352 e. The Balaban J connectivity index is 1.35. The molecule has 5 rings (SSSR count). The van der Waals surface area contributed by atoms with Crippen molar-refractivity contribution in [3.05, 3.63) is 77.9 Å². The van der Waals surface area contributed by atoms with Gasteiger partial charge in [0.1, 0.15) is 5.82 Å². The average molecular weight is 398 g/mol. The van der Waals surface area contributed by atoms with Gasteiger partial charge in [0.2, 0.25) is 0 Å². The van der Waals surface area contributed by atoms with Crippen molar-refractivity contribution in [3.8, 4) is 11.4 Å². The number of carbonyl (C=O) groups is 1. The van der Waals surface area contributed by atoms with Gasteiger partial charge in [-0.3, -0.25) is 4.79 Å². The molecule has 1 amide bonds. The van der Waals surface area contributed by atoms with Crippen molar-refractivity contribution in [2.75, 3.05) is 31.1 Å². The number of fused-ring (bicyclic) bond motifs is 1. The highest BCUT2D eigenvalue weighted by Crippen LogP contribution is 2.21. The number of carbonyl (C=O) groups excluding carboxylic acids is 1. The minimum Gasteiger partial charge on any atom is -0.352 e. The minimum absolute atomic E-state index is 0.0985. The summed E-state index contributed by atoms with van der Waals surface area (Å²) in [7, 11) is 0. The fourth-order valence-electron chi connectivity index (χ4n) is 3.84. The first-order valence-electron chi connectivity index (χ1n) is 10.1. The zero-order valence-electron chi connectivity index (χ0n) is 16.8. The molecule has 2 aromatic heterocycles. The van der Waals surface area contributed by atoms with Crippen LogP contribution in [0.3, 0.4) is 0 Å². The van der Waals surface area contributed by atoms with Gasteiger partial charge in [0.15, 0.2) is 11.5 Å². The van der Waals surface area contributed by atoms with Crippen LogP contribution in [0.5, 0.6) is 0 Å². The third kappa shape index (κ3) is 3.28. The van der Waals surface area contributed by atoms with E-state index in [0.29, 0.717) is 18.7 Å². The van der Waals surface area contributed by atoms with Gasteiger partial charge in [0.05, 0.1) is 0 Å². The molecule has 7 nitrogen and oxygen atoms in total. The number of piperazine rings is 1. The lowest BCUT2D eigenvalue weighted by molar-refractivity contribution is 0.0745. The van der Waals surface area contributed by atoms with Gasteiger partial charge in [-0.05, 0) is 30.7 Å². The number of amides is 1. The van der Waals surface area contributed by atoms with Crippen LogP contribution in [0.4, 0.5) is 5.82 Å². The molecule has 0 N–H and O–H groups in total. The predicted octanol–water partition coefficient (Wildman–Crippen LogP) is 3.06. The topological polar surface area (TPSA) is 66.6 Å². The van der Waals surface area contributed by atoms with Crippen LogP contribution < -0.4 is 4.90 Å². The van der Waals surface area contributed by atoms with E-state index in [4.69, 9.17) is 5.10 Å². The summed E-state index contributed by atoms with van der Waals surface area (Å²) in [5.74, 6) is 1.68. The van der Waals surface area contributed by atoms with E-state index in [-0.39, 0.29) is 5.91 Å². The summed E-state index contributed by atoms with van der Waals surface area (Å²) < 4.78 is 1.79. The lowest BCUT2D eigenvalue weighted by Gasteiger charge is -2.35. The maximum atomic E-state index is 12.9. The maximum Gasteiger partial charge on any atom is 0.254 e. The van der Waals surface area contributed by atoms with Gasteiger partial charge in [-0.15, -0.1) is 15.3 Å². The van der Waals surface area contributed by atoms with Gasteiger partial charge in [-0.2, -0.15) is 4.52 Å². The van der Waals surface area contributed by atoms with E-state index in [0.717, 1.165) is 41.4 Å². The SMILES string of the molecule is Cc1ccccc1C(=O)N1CCN(c2ccc3nnc(-c4ccccc4)n3n2)CC1. The summed E-state index contributed by atoms with van der Waals surface area (Å²) in [4.78, 5) is 17.0. The first kappa shape index (κ1) is 18.3. The van der Waals surface area contributed by atoms with Gasteiger partial charge < -0.3 is 9.80 Å². The van der Waals surface area contributed by atoms with Crippen molar-refractivity contribution in [2.24, 2.45) is 0 Å². The maximum absolute atomic E-state index is 12.9. The van der Waals surface area contributed by atoms with Crippen molar-refractivity contribution < 1.29 is 4.79 Å². The molecule has 0 bridgehead atoms. The molecule has 7 heteroatoms. The van der Waals surface area contributed by atoms with Gasteiger partial charge in [-0.25, -0.2) is 0 Å². The van der Waals surface area contributed by atoms with E-state index in [1.807, 2.05) is 78.6 Å². The average Bonchev–Trinajstić information content (AvgIpc) is 3.23. The van der Waals surface area contributed by atoms with Crippen LogP contribution in [0.1, 0.15) is 15.9 Å². The Labute approximate surface area is 174 Å². The Morgan fingerprint density at radius 2 is 1.57 bits per heavy atom. The van der Waals surface area contributed by atoms with E-state index in [1.54, 1.807) is 4.52 Å². The van der Waals surface area contributed by atoms with E-state index in [9.17, 15) is 4.79 Å². The quantitative estimate of drug-likeness (QED) is 0.531. The van der Waals surface area contributed by atoms with Gasteiger partial charge in [-0.1, -0.05) is 48.5 Å². The second kappa shape index (κ2) is 7.59. The molecule has 30 heavy (non-hydrogen) atoms. The first-order valence-corrected chi connectivity index (χ1v) is 10.1. The number of nitrogens with zero attached hydrogens (tertiary/aromatic N) is 6. The third-order valence-electron chi connectivity index (χ3n) is 5.55. The van der Waals surface area contributed by atoms with Gasteiger partial charge >= 0.3 is 0 Å². The number of aromatic nitrogens is 4. The van der Waals surface area contributed by atoms with Gasteiger partial charge in [0, 0.05) is 37.3 Å². The highest BCUT2D eigenvalue weighted by Gasteiger charge is 2.24. The molecule has 4 aromatic rings. The minimum atomic E-state index is 0.0985. The molecule has 0 atom stereocenters. The van der Waals surface area contributed by atoms with Crippen LogP contribution >= 0.6 is 0 Å². The number of benzene rings is 2. The summed E-state index contributed by atoms with van der Waals surface area (Å²) in [6.07, 6.45) is 0. The molecular formula is C23H22N6O. The van der Waals surface area contributed by atoms with E-state index < -0.39 is 0 Å². The summed E-state index contributed by atoms with van der Waals surface area (Å²) in [6, 6.07) is 21.6. The number of anilines is 1. The molecule has 1 fully saturated rings. The molecule has 1 aliphatic rings. The molecule has 0 radical (unpaired) electrons. The van der Waals surface area contributed by atoms with Crippen LogP contribution in [0.25, 0.3) is 17.0 Å².